The van der Waals surface area contributed by atoms with Crippen LogP contribution in [0, 0.1) is 11.6 Å². The van der Waals surface area contributed by atoms with E-state index in [1.807, 2.05) is 0 Å². The molecule has 0 N–H and O–H groups in total. The average molecular weight is 222 g/mol. The van der Waals surface area contributed by atoms with Crippen molar-refractivity contribution >= 4 is 10.1 Å². The van der Waals surface area contributed by atoms with Crippen LogP contribution < -0.4 is 0 Å². The molecule has 0 aliphatic rings. The fourth-order valence-corrected chi connectivity index (χ4v) is 1.17. The van der Waals surface area contributed by atoms with Gasteiger partial charge in [-0.1, -0.05) is 6.07 Å². The van der Waals surface area contributed by atoms with Crippen LogP contribution in [-0.4, -0.2) is 14.7 Å². The van der Waals surface area contributed by atoms with Gasteiger partial charge in [-0.25, -0.2) is 8.78 Å². The smallest absolute Gasteiger partial charge is 0.264 e. The van der Waals surface area contributed by atoms with Gasteiger partial charge in [-0.3, -0.25) is 4.18 Å². The van der Waals surface area contributed by atoms with E-state index >= 15 is 0 Å². The normalized spacial score (nSPS) is 11.6. The first-order valence-corrected chi connectivity index (χ1v) is 5.49. The van der Waals surface area contributed by atoms with Gasteiger partial charge in [0.1, 0.15) is 11.6 Å². The molecule has 0 heterocycles. The molecule has 0 radical (unpaired) electrons. The molecular weight excluding hydrogens is 214 g/mol. The Morgan fingerprint density at radius 2 is 1.79 bits per heavy atom. The van der Waals surface area contributed by atoms with Gasteiger partial charge in [-0.05, 0) is 12.1 Å². The summed E-state index contributed by atoms with van der Waals surface area (Å²) < 4.78 is 51.2. The predicted octanol–water partition coefficient (Wildman–Crippen LogP) is 1.44. The fourth-order valence-electron chi connectivity index (χ4n) is 0.836. The second-order valence-electron chi connectivity index (χ2n) is 2.67. The zero-order valence-corrected chi connectivity index (χ0v) is 8.14. The van der Waals surface area contributed by atoms with Gasteiger partial charge in [0.2, 0.25) is 0 Å². The first-order chi connectivity index (χ1) is 6.40. The minimum absolute atomic E-state index is 0.391. The fraction of sp³-hybridized carbons (Fsp3) is 0.250. The maximum absolute atomic E-state index is 12.9. The molecule has 0 saturated carbocycles. The lowest BCUT2D eigenvalue weighted by atomic mass is 10.2. The van der Waals surface area contributed by atoms with Gasteiger partial charge >= 0.3 is 0 Å². The van der Waals surface area contributed by atoms with Crippen molar-refractivity contribution in [1.82, 2.24) is 0 Å². The second-order valence-corrected chi connectivity index (χ2v) is 4.31. The summed E-state index contributed by atoms with van der Waals surface area (Å²) in [4.78, 5) is 0. The molecule has 0 spiro atoms. The number of hydrogen-bond donors (Lipinski definition) is 0. The van der Waals surface area contributed by atoms with Gasteiger partial charge in [-0.15, -0.1) is 0 Å². The van der Waals surface area contributed by atoms with Crippen LogP contribution >= 0.6 is 0 Å². The minimum atomic E-state index is -3.69. The second kappa shape index (κ2) is 4.02. The molecule has 0 aliphatic carbocycles. The molecular formula is C8H8F2O3S. The van der Waals surface area contributed by atoms with E-state index in [2.05, 4.69) is 4.18 Å². The van der Waals surface area contributed by atoms with E-state index in [1.165, 1.54) is 6.07 Å². The van der Waals surface area contributed by atoms with Crippen molar-refractivity contribution in [3.63, 3.8) is 0 Å². The van der Waals surface area contributed by atoms with Crippen LogP contribution in [-0.2, 0) is 20.9 Å². The third kappa shape index (κ3) is 3.04. The minimum Gasteiger partial charge on any atom is -0.265 e. The predicted molar refractivity (Wildman–Crippen MR) is 46.0 cm³/mol. The number of halogens is 2. The maximum Gasteiger partial charge on any atom is 0.264 e. The van der Waals surface area contributed by atoms with Gasteiger partial charge in [0.15, 0.2) is 0 Å². The van der Waals surface area contributed by atoms with Gasteiger partial charge in [-0.2, -0.15) is 8.42 Å². The lowest BCUT2D eigenvalue weighted by Gasteiger charge is -2.03. The highest BCUT2D eigenvalue weighted by Gasteiger charge is 2.11. The Hall–Kier alpha value is -1.01. The lowest BCUT2D eigenvalue weighted by molar-refractivity contribution is 0.299. The van der Waals surface area contributed by atoms with Crippen LogP contribution in [0.1, 0.15) is 5.56 Å². The van der Waals surface area contributed by atoms with Crippen molar-refractivity contribution in [1.29, 1.82) is 0 Å². The first-order valence-electron chi connectivity index (χ1n) is 3.67. The molecule has 1 rings (SSSR count). The molecule has 14 heavy (non-hydrogen) atoms. The third-order valence-corrected chi connectivity index (χ3v) is 2.03. The Labute approximate surface area is 80.4 Å². The molecule has 0 unspecified atom stereocenters. The summed E-state index contributed by atoms with van der Waals surface area (Å²) in [7, 11) is -3.69. The molecule has 0 bridgehead atoms. The van der Waals surface area contributed by atoms with Crippen molar-refractivity contribution in [3.05, 3.63) is 35.4 Å². The van der Waals surface area contributed by atoms with Crippen LogP contribution in [0.2, 0.25) is 0 Å². The van der Waals surface area contributed by atoms with Crippen LogP contribution in [0.3, 0.4) is 0 Å². The van der Waals surface area contributed by atoms with Crippen molar-refractivity contribution in [3.8, 4) is 0 Å². The highest BCUT2D eigenvalue weighted by molar-refractivity contribution is 7.85. The van der Waals surface area contributed by atoms with Crippen molar-refractivity contribution in [2.45, 2.75) is 6.61 Å². The molecule has 0 fully saturated rings. The molecule has 3 nitrogen and oxygen atoms in total. The quantitative estimate of drug-likeness (QED) is 0.727. The van der Waals surface area contributed by atoms with E-state index in [0.29, 0.717) is 0 Å². The molecule has 0 atom stereocenters. The zero-order valence-electron chi connectivity index (χ0n) is 7.33. The Kier molecular flexibility index (Phi) is 3.17. The highest BCUT2D eigenvalue weighted by Crippen LogP contribution is 2.13. The Balaban J connectivity index is 2.87. The van der Waals surface area contributed by atoms with Crippen molar-refractivity contribution in [2.75, 3.05) is 6.26 Å². The summed E-state index contributed by atoms with van der Waals surface area (Å²) in [5, 5.41) is 0. The largest absolute Gasteiger partial charge is 0.265 e. The Morgan fingerprint density at radius 3 is 2.21 bits per heavy atom. The lowest BCUT2D eigenvalue weighted by Crippen LogP contribution is -2.05. The van der Waals surface area contributed by atoms with E-state index in [0.717, 1.165) is 18.4 Å². The van der Waals surface area contributed by atoms with E-state index in [9.17, 15) is 17.2 Å². The average Bonchev–Trinajstić information content (AvgIpc) is 2.01. The van der Waals surface area contributed by atoms with Crippen molar-refractivity contribution in [2.24, 2.45) is 0 Å². The monoisotopic (exact) mass is 222 g/mol. The number of benzene rings is 1. The van der Waals surface area contributed by atoms with Gasteiger partial charge in [0.05, 0.1) is 18.4 Å². The van der Waals surface area contributed by atoms with Gasteiger partial charge in [0, 0.05) is 0 Å². The van der Waals surface area contributed by atoms with E-state index in [-0.39, 0.29) is 0 Å². The van der Waals surface area contributed by atoms with Crippen LogP contribution in [0.25, 0.3) is 0 Å². The molecule has 0 saturated heterocycles. The molecule has 78 valence electrons. The molecule has 0 aromatic heterocycles. The summed E-state index contributed by atoms with van der Waals surface area (Å²) in [6.45, 7) is -0.628. The van der Waals surface area contributed by atoms with Crippen LogP contribution in [0.4, 0.5) is 8.78 Å². The Bertz CT molecular complexity index is 408. The molecule has 0 amide bonds. The van der Waals surface area contributed by atoms with E-state index in [1.54, 1.807) is 0 Å². The summed E-state index contributed by atoms with van der Waals surface area (Å²) in [6.07, 6.45) is 0.811. The molecule has 1 aromatic rings. The third-order valence-electron chi connectivity index (χ3n) is 1.48. The SMILES string of the molecule is CS(=O)(=O)OCc1c(F)cccc1F. The summed E-state index contributed by atoms with van der Waals surface area (Å²) in [5.74, 6) is -1.65. The van der Waals surface area contributed by atoms with Crippen LogP contribution in [0.15, 0.2) is 18.2 Å². The Morgan fingerprint density at radius 1 is 1.29 bits per heavy atom. The molecule has 6 heteroatoms. The van der Waals surface area contributed by atoms with E-state index in [4.69, 9.17) is 0 Å². The van der Waals surface area contributed by atoms with Gasteiger partial charge < -0.3 is 0 Å². The van der Waals surface area contributed by atoms with Gasteiger partial charge in [0.25, 0.3) is 10.1 Å². The molecule has 0 aliphatic heterocycles. The highest BCUT2D eigenvalue weighted by atomic mass is 32.2. The zero-order chi connectivity index (χ0) is 10.8. The topological polar surface area (TPSA) is 43.4 Å². The molecule has 1 aromatic carbocycles. The van der Waals surface area contributed by atoms with Crippen LogP contribution in [0.5, 0.6) is 0 Å². The summed E-state index contributed by atoms with van der Waals surface area (Å²) in [6, 6.07) is 3.25. The first kappa shape index (κ1) is 11.1. The standard InChI is InChI=1S/C8H8F2O3S/c1-14(11,12)13-5-6-7(9)3-2-4-8(6)10/h2-4H,5H2,1H3. The number of rotatable bonds is 3. The summed E-state index contributed by atoms with van der Waals surface area (Å²) in [5.41, 5.74) is -0.391. The number of hydrogen-bond acceptors (Lipinski definition) is 3. The van der Waals surface area contributed by atoms with E-state index < -0.39 is 33.9 Å². The van der Waals surface area contributed by atoms with Crippen molar-refractivity contribution < 1.29 is 21.4 Å². The maximum atomic E-state index is 12.9. The summed E-state index contributed by atoms with van der Waals surface area (Å²) >= 11 is 0.